The van der Waals surface area contributed by atoms with Gasteiger partial charge in [-0.2, -0.15) is 0 Å². The molecule has 0 saturated heterocycles. The quantitative estimate of drug-likeness (QED) is 0.485. The Hall–Kier alpha value is -3.47. The van der Waals surface area contributed by atoms with E-state index in [-0.39, 0.29) is 11.7 Å². The minimum atomic E-state index is -0.280. The topological polar surface area (TPSA) is 57.8 Å². The number of pyridine rings is 1. The molecule has 0 aliphatic rings. The Morgan fingerprint density at radius 3 is 2.62 bits per heavy atom. The first-order chi connectivity index (χ1) is 14.2. The van der Waals surface area contributed by atoms with Gasteiger partial charge in [-0.1, -0.05) is 36.4 Å². The van der Waals surface area contributed by atoms with E-state index >= 15 is 0 Å². The summed E-state index contributed by atoms with van der Waals surface area (Å²) in [5.41, 5.74) is 4.75. The van der Waals surface area contributed by atoms with Crippen molar-refractivity contribution in [1.29, 1.82) is 0 Å². The number of H-pyrrole nitrogens is 1. The molecule has 2 aromatic carbocycles. The van der Waals surface area contributed by atoms with E-state index in [9.17, 15) is 9.18 Å². The Labute approximate surface area is 168 Å². The molecule has 0 spiro atoms. The van der Waals surface area contributed by atoms with Crippen LogP contribution in [-0.2, 0) is 17.6 Å². The van der Waals surface area contributed by atoms with Crippen LogP contribution in [0.4, 0.5) is 4.39 Å². The Bertz CT molecular complexity index is 1110. The second-order valence-corrected chi connectivity index (χ2v) is 6.96. The number of carbonyl (C=O) groups is 1. The van der Waals surface area contributed by atoms with Crippen molar-refractivity contribution in [2.75, 3.05) is 6.54 Å². The molecule has 0 fully saturated rings. The molecule has 0 radical (unpaired) electrons. The molecule has 2 N–H and O–H groups in total. The van der Waals surface area contributed by atoms with Crippen LogP contribution in [0.15, 0.2) is 72.9 Å². The van der Waals surface area contributed by atoms with Crippen molar-refractivity contribution in [3.8, 4) is 11.3 Å². The highest BCUT2D eigenvalue weighted by Gasteiger charge is 2.15. The minimum absolute atomic E-state index is 0.0225. The molecule has 0 unspecified atom stereocenters. The highest BCUT2D eigenvalue weighted by molar-refractivity contribution is 5.91. The van der Waals surface area contributed by atoms with Gasteiger partial charge in [0, 0.05) is 47.9 Å². The van der Waals surface area contributed by atoms with Crippen molar-refractivity contribution in [3.05, 3.63) is 90.0 Å². The van der Waals surface area contributed by atoms with Crippen molar-refractivity contribution < 1.29 is 9.18 Å². The second-order valence-electron chi connectivity index (χ2n) is 6.96. The number of nitrogens with one attached hydrogen (secondary N) is 2. The van der Waals surface area contributed by atoms with E-state index in [1.54, 1.807) is 12.3 Å². The summed E-state index contributed by atoms with van der Waals surface area (Å²) in [6.07, 6.45) is 3.31. The SMILES string of the molecule is O=C(CCc1c(-c2ccccc2)[nH]c2ccc(F)cc12)NCCc1ccccn1. The molecule has 0 saturated carbocycles. The third kappa shape index (κ3) is 4.51. The highest BCUT2D eigenvalue weighted by atomic mass is 19.1. The van der Waals surface area contributed by atoms with Crippen molar-refractivity contribution >= 4 is 16.8 Å². The number of aryl methyl sites for hydroxylation is 1. The fourth-order valence-electron chi connectivity index (χ4n) is 3.53. The molecule has 0 bridgehead atoms. The average molecular weight is 387 g/mol. The number of hydrogen-bond donors (Lipinski definition) is 2. The average Bonchev–Trinajstić information content (AvgIpc) is 3.11. The lowest BCUT2D eigenvalue weighted by Gasteiger charge is -2.07. The predicted molar refractivity (Wildman–Crippen MR) is 113 cm³/mol. The van der Waals surface area contributed by atoms with E-state index in [1.807, 2.05) is 48.5 Å². The van der Waals surface area contributed by atoms with Crippen LogP contribution in [0.1, 0.15) is 17.7 Å². The molecule has 4 rings (SSSR count). The van der Waals surface area contributed by atoms with Crippen LogP contribution in [0, 0.1) is 5.82 Å². The number of rotatable bonds is 7. The van der Waals surface area contributed by atoms with Gasteiger partial charge in [0.1, 0.15) is 5.82 Å². The van der Waals surface area contributed by atoms with E-state index in [4.69, 9.17) is 0 Å². The summed E-state index contributed by atoms with van der Waals surface area (Å²) < 4.78 is 13.9. The van der Waals surface area contributed by atoms with Gasteiger partial charge in [0.15, 0.2) is 0 Å². The number of fused-ring (bicyclic) bond motifs is 1. The monoisotopic (exact) mass is 387 g/mol. The number of carbonyl (C=O) groups excluding carboxylic acids is 1. The summed E-state index contributed by atoms with van der Waals surface area (Å²) in [4.78, 5) is 20.0. The zero-order chi connectivity index (χ0) is 20.1. The molecule has 146 valence electrons. The number of amides is 1. The van der Waals surface area contributed by atoms with Gasteiger partial charge in [0.05, 0.1) is 0 Å². The van der Waals surface area contributed by atoms with Crippen molar-refractivity contribution in [3.63, 3.8) is 0 Å². The predicted octanol–water partition coefficient (Wildman–Crippen LogP) is 4.66. The Balaban J connectivity index is 1.48. The summed E-state index contributed by atoms with van der Waals surface area (Å²) in [7, 11) is 0. The molecule has 5 heteroatoms. The van der Waals surface area contributed by atoms with Gasteiger partial charge in [-0.3, -0.25) is 9.78 Å². The van der Waals surface area contributed by atoms with Gasteiger partial charge < -0.3 is 10.3 Å². The number of halogens is 1. The minimum Gasteiger partial charge on any atom is -0.356 e. The lowest BCUT2D eigenvalue weighted by molar-refractivity contribution is -0.121. The lowest BCUT2D eigenvalue weighted by atomic mass is 10.0. The maximum atomic E-state index is 13.9. The number of aromatic nitrogens is 2. The number of aromatic amines is 1. The zero-order valence-electron chi connectivity index (χ0n) is 16.0. The van der Waals surface area contributed by atoms with Crippen LogP contribution in [-0.4, -0.2) is 22.4 Å². The van der Waals surface area contributed by atoms with Crippen molar-refractivity contribution in [1.82, 2.24) is 15.3 Å². The van der Waals surface area contributed by atoms with E-state index in [0.717, 1.165) is 33.4 Å². The van der Waals surface area contributed by atoms with Crippen LogP contribution < -0.4 is 5.32 Å². The number of benzene rings is 2. The summed E-state index contributed by atoms with van der Waals surface area (Å²) in [5.74, 6) is -0.303. The third-order valence-corrected chi connectivity index (χ3v) is 4.96. The molecular weight excluding hydrogens is 365 g/mol. The van der Waals surface area contributed by atoms with E-state index in [1.165, 1.54) is 12.1 Å². The van der Waals surface area contributed by atoms with Crippen LogP contribution in [0.5, 0.6) is 0 Å². The van der Waals surface area contributed by atoms with E-state index in [0.29, 0.717) is 25.8 Å². The van der Waals surface area contributed by atoms with Gasteiger partial charge in [0.2, 0.25) is 5.91 Å². The fourth-order valence-corrected chi connectivity index (χ4v) is 3.53. The van der Waals surface area contributed by atoms with E-state index in [2.05, 4.69) is 15.3 Å². The summed E-state index contributed by atoms with van der Waals surface area (Å²) in [5, 5.41) is 3.77. The van der Waals surface area contributed by atoms with Gasteiger partial charge >= 0.3 is 0 Å². The molecular formula is C24H22FN3O. The van der Waals surface area contributed by atoms with Crippen LogP contribution in [0.3, 0.4) is 0 Å². The first-order valence-electron chi connectivity index (χ1n) is 9.73. The van der Waals surface area contributed by atoms with E-state index < -0.39 is 0 Å². The van der Waals surface area contributed by atoms with Crippen LogP contribution >= 0.6 is 0 Å². The first kappa shape index (κ1) is 18.9. The van der Waals surface area contributed by atoms with Gasteiger partial charge in [-0.05, 0) is 47.9 Å². The maximum absolute atomic E-state index is 13.9. The fraction of sp³-hybridized carbons (Fsp3) is 0.167. The molecule has 29 heavy (non-hydrogen) atoms. The molecule has 4 nitrogen and oxygen atoms in total. The Kier molecular flexibility index (Phi) is 5.66. The molecule has 0 atom stereocenters. The first-order valence-corrected chi connectivity index (χ1v) is 9.73. The third-order valence-electron chi connectivity index (χ3n) is 4.96. The Morgan fingerprint density at radius 2 is 1.83 bits per heavy atom. The van der Waals surface area contributed by atoms with Crippen molar-refractivity contribution in [2.45, 2.75) is 19.3 Å². The summed E-state index contributed by atoms with van der Waals surface area (Å²) >= 11 is 0. The van der Waals surface area contributed by atoms with Gasteiger partial charge in [-0.25, -0.2) is 4.39 Å². The molecule has 2 heterocycles. The molecule has 4 aromatic rings. The smallest absolute Gasteiger partial charge is 0.220 e. The Morgan fingerprint density at radius 1 is 1.00 bits per heavy atom. The largest absolute Gasteiger partial charge is 0.356 e. The van der Waals surface area contributed by atoms with Crippen molar-refractivity contribution in [2.24, 2.45) is 0 Å². The zero-order valence-corrected chi connectivity index (χ0v) is 16.0. The number of nitrogens with zero attached hydrogens (tertiary/aromatic N) is 1. The summed E-state index contributed by atoms with van der Waals surface area (Å²) in [6.45, 7) is 0.546. The standard InChI is InChI=1S/C24H22FN3O/c25-18-9-11-22-21(16-18)20(24(28-22)17-6-2-1-3-7-17)10-12-23(29)27-15-13-19-8-4-5-14-26-19/h1-9,11,14,16,28H,10,12-13,15H2,(H,27,29). The highest BCUT2D eigenvalue weighted by Crippen LogP contribution is 2.31. The van der Waals surface area contributed by atoms with Gasteiger partial charge in [-0.15, -0.1) is 0 Å². The van der Waals surface area contributed by atoms with Crippen LogP contribution in [0.2, 0.25) is 0 Å². The molecule has 0 aliphatic heterocycles. The molecule has 2 aromatic heterocycles. The summed E-state index contributed by atoms with van der Waals surface area (Å²) in [6, 6.07) is 20.4. The normalized spacial score (nSPS) is 10.9. The molecule has 0 aliphatic carbocycles. The molecule has 1 amide bonds. The van der Waals surface area contributed by atoms with Crippen LogP contribution in [0.25, 0.3) is 22.2 Å². The maximum Gasteiger partial charge on any atom is 0.220 e. The lowest BCUT2D eigenvalue weighted by Crippen LogP contribution is -2.26. The second kappa shape index (κ2) is 8.69. The van der Waals surface area contributed by atoms with Gasteiger partial charge in [0.25, 0.3) is 0 Å². The number of hydrogen-bond acceptors (Lipinski definition) is 2.